The standard InChI is InChI=1S/C28H35F2N3O5/c1-6-32(25(37)19-12-16(2)13-21(34)17(19)3)20(14-18-10-8-7-9-11-18)22(35)26(38)33-15-28(29,30)27(4,5)23(33)24(31)36/h7-13,20,22-23,34-35H,6,14-15H2,1-5H3,(H2,31,36)/t20-,22-,23+/m0/s1. The number of hydrogen-bond donors (Lipinski definition) is 3. The van der Waals surface area contributed by atoms with E-state index < -0.39 is 53.8 Å². The number of phenols is 1. The number of alkyl halides is 2. The second-order valence-corrected chi connectivity index (χ2v) is 10.4. The fraction of sp³-hybridized carbons (Fsp3) is 0.464. The van der Waals surface area contributed by atoms with Crippen molar-refractivity contribution in [1.29, 1.82) is 0 Å². The number of amides is 3. The minimum atomic E-state index is -3.44. The highest BCUT2D eigenvalue weighted by atomic mass is 19.3. The first-order chi connectivity index (χ1) is 17.6. The van der Waals surface area contributed by atoms with Crippen LogP contribution in [-0.4, -0.2) is 74.9 Å². The van der Waals surface area contributed by atoms with E-state index in [4.69, 9.17) is 5.73 Å². The fourth-order valence-corrected chi connectivity index (χ4v) is 5.14. The van der Waals surface area contributed by atoms with Gasteiger partial charge < -0.3 is 25.7 Å². The summed E-state index contributed by atoms with van der Waals surface area (Å²) in [5, 5.41) is 21.7. The fourth-order valence-electron chi connectivity index (χ4n) is 5.14. The molecule has 10 heteroatoms. The highest BCUT2D eigenvalue weighted by molar-refractivity contribution is 5.97. The number of nitrogens with two attached hydrogens (primary N) is 1. The van der Waals surface area contributed by atoms with Crippen LogP contribution in [-0.2, 0) is 16.0 Å². The van der Waals surface area contributed by atoms with Crippen LogP contribution in [0.15, 0.2) is 42.5 Å². The Morgan fingerprint density at radius 2 is 1.76 bits per heavy atom. The average Bonchev–Trinajstić information content (AvgIpc) is 3.04. The number of aromatic hydroxyl groups is 1. The van der Waals surface area contributed by atoms with E-state index in [1.54, 1.807) is 57.2 Å². The molecule has 3 amide bonds. The lowest BCUT2D eigenvalue weighted by Gasteiger charge is -2.37. The Kier molecular flexibility index (Phi) is 8.16. The van der Waals surface area contributed by atoms with E-state index in [9.17, 15) is 33.4 Å². The Morgan fingerprint density at radius 1 is 1.16 bits per heavy atom. The van der Waals surface area contributed by atoms with Gasteiger partial charge in [0.2, 0.25) is 5.91 Å². The summed E-state index contributed by atoms with van der Waals surface area (Å²) in [4.78, 5) is 41.5. The molecule has 1 aliphatic rings. The molecule has 0 bridgehead atoms. The third-order valence-corrected chi connectivity index (χ3v) is 7.52. The molecule has 4 N–H and O–H groups in total. The van der Waals surface area contributed by atoms with Crippen LogP contribution in [0.2, 0.25) is 0 Å². The van der Waals surface area contributed by atoms with Crippen LogP contribution in [0, 0.1) is 19.3 Å². The predicted octanol–water partition coefficient (Wildman–Crippen LogP) is 2.80. The van der Waals surface area contributed by atoms with E-state index in [1.165, 1.54) is 11.0 Å². The Bertz CT molecular complexity index is 1220. The molecule has 0 aromatic heterocycles. The number of aliphatic hydroxyl groups excluding tert-OH is 1. The van der Waals surface area contributed by atoms with Gasteiger partial charge in [0.05, 0.1) is 18.0 Å². The molecule has 0 saturated carbocycles. The Balaban J connectivity index is 2.06. The summed E-state index contributed by atoms with van der Waals surface area (Å²) in [5.74, 6) is -6.29. The summed E-state index contributed by atoms with van der Waals surface area (Å²) < 4.78 is 29.8. The minimum Gasteiger partial charge on any atom is -0.508 e. The summed E-state index contributed by atoms with van der Waals surface area (Å²) in [6.45, 7) is 6.23. The first-order valence-electron chi connectivity index (χ1n) is 12.4. The molecular formula is C28H35F2N3O5. The van der Waals surface area contributed by atoms with Crippen molar-refractivity contribution in [3.05, 3.63) is 64.7 Å². The molecule has 0 unspecified atom stereocenters. The van der Waals surface area contributed by atoms with Crippen molar-refractivity contribution in [2.45, 2.75) is 65.1 Å². The van der Waals surface area contributed by atoms with Crippen LogP contribution in [0.25, 0.3) is 0 Å². The minimum absolute atomic E-state index is 0.0268. The third-order valence-electron chi connectivity index (χ3n) is 7.52. The van der Waals surface area contributed by atoms with Gasteiger partial charge in [0, 0.05) is 17.7 Å². The summed E-state index contributed by atoms with van der Waals surface area (Å²) in [6, 6.07) is 9.10. The van der Waals surface area contributed by atoms with E-state index in [0.29, 0.717) is 21.6 Å². The molecule has 3 atom stereocenters. The highest BCUT2D eigenvalue weighted by Gasteiger charge is 2.64. The van der Waals surface area contributed by atoms with Crippen molar-refractivity contribution in [2.24, 2.45) is 11.1 Å². The number of nitrogens with zero attached hydrogens (tertiary/aromatic N) is 2. The molecule has 0 radical (unpaired) electrons. The normalized spacial score (nSPS) is 19.6. The quantitative estimate of drug-likeness (QED) is 0.483. The number of rotatable bonds is 8. The zero-order valence-corrected chi connectivity index (χ0v) is 22.2. The van der Waals surface area contributed by atoms with Gasteiger partial charge in [-0.2, -0.15) is 0 Å². The molecule has 2 aromatic rings. The molecule has 0 spiro atoms. The van der Waals surface area contributed by atoms with Crippen molar-refractivity contribution in [2.75, 3.05) is 13.1 Å². The molecule has 1 fully saturated rings. The van der Waals surface area contributed by atoms with Crippen LogP contribution in [0.4, 0.5) is 8.78 Å². The topological polar surface area (TPSA) is 124 Å². The number of carbonyl (C=O) groups is 3. The van der Waals surface area contributed by atoms with E-state index in [1.807, 2.05) is 0 Å². The van der Waals surface area contributed by atoms with Crippen LogP contribution < -0.4 is 5.73 Å². The zero-order valence-electron chi connectivity index (χ0n) is 22.2. The Labute approximate surface area is 221 Å². The summed E-state index contributed by atoms with van der Waals surface area (Å²) >= 11 is 0. The van der Waals surface area contributed by atoms with Gasteiger partial charge in [-0.1, -0.05) is 44.2 Å². The second-order valence-electron chi connectivity index (χ2n) is 10.4. The van der Waals surface area contributed by atoms with Gasteiger partial charge in [-0.3, -0.25) is 14.4 Å². The molecule has 2 aromatic carbocycles. The summed E-state index contributed by atoms with van der Waals surface area (Å²) in [7, 11) is 0. The Morgan fingerprint density at radius 3 is 2.32 bits per heavy atom. The number of aliphatic hydroxyl groups is 1. The van der Waals surface area contributed by atoms with Crippen molar-refractivity contribution in [3.63, 3.8) is 0 Å². The van der Waals surface area contributed by atoms with Gasteiger partial charge in [-0.15, -0.1) is 0 Å². The summed E-state index contributed by atoms with van der Waals surface area (Å²) in [5.41, 5.74) is 5.32. The first-order valence-corrected chi connectivity index (χ1v) is 12.4. The number of aryl methyl sites for hydroxylation is 1. The number of likely N-dealkylation sites (N-methyl/N-ethyl adjacent to an activating group) is 1. The van der Waals surface area contributed by atoms with Crippen molar-refractivity contribution >= 4 is 17.7 Å². The lowest BCUT2D eigenvalue weighted by Crippen LogP contribution is -2.58. The third kappa shape index (κ3) is 5.22. The van der Waals surface area contributed by atoms with E-state index in [2.05, 4.69) is 0 Å². The highest BCUT2D eigenvalue weighted by Crippen LogP contribution is 2.48. The van der Waals surface area contributed by atoms with Gasteiger partial charge in [0.15, 0.2) is 6.10 Å². The molecular weight excluding hydrogens is 496 g/mol. The monoisotopic (exact) mass is 531 g/mol. The number of primary amides is 1. The number of likely N-dealkylation sites (tertiary alicyclic amines) is 1. The smallest absolute Gasteiger partial charge is 0.272 e. The van der Waals surface area contributed by atoms with Crippen LogP contribution in [0.3, 0.4) is 0 Å². The zero-order chi connectivity index (χ0) is 28.6. The van der Waals surface area contributed by atoms with Gasteiger partial charge in [-0.05, 0) is 50.5 Å². The predicted molar refractivity (Wildman–Crippen MR) is 138 cm³/mol. The van der Waals surface area contributed by atoms with Gasteiger partial charge in [0.25, 0.3) is 17.7 Å². The maximum atomic E-state index is 14.9. The Hall–Kier alpha value is -3.53. The lowest BCUT2D eigenvalue weighted by molar-refractivity contribution is -0.148. The van der Waals surface area contributed by atoms with Crippen molar-refractivity contribution < 1.29 is 33.4 Å². The maximum absolute atomic E-state index is 14.9. The number of halogens is 2. The van der Waals surface area contributed by atoms with Crippen LogP contribution >= 0.6 is 0 Å². The molecule has 1 heterocycles. The molecule has 3 rings (SSSR count). The van der Waals surface area contributed by atoms with Gasteiger partial charge in [0.1, 0.15) is 11.8 Å². The molecule has 0 aliphatic carbocycles. The van der Waals surface area contributed by atoms with Crippen molar-refractivity contribution in [1.82, 2.24) is 9.80 Å². The number of phenolic OH excluding ortho intramolecular Hbond substituents is 1. The SMILES string of the molecule is CCN(C(=O)c1cc(C)cc(O)c1C)[C@@H](Cc1ccccc1)[C@H](O)C(=O)N1CC(F)(F)C(C)(C)[C@H]1C(N)=O. The maximum Gasteiger partial charge on any atom is 0.272 e. The number of hydrogen-bond acceptors (Lipinski definition) is 5. The first kappa shape index (κ1) is 29.0. The van der Waals surface area contributed by atoms with E-state index in [-0.39, 0.29) is 24.3 Å². The van der Waals surface area contributed by atoms with Gasteiger partial charge in [-0.25, -0.2) is 8.78 Å². The number of benzene rings is 2. The van der Waals surface area contributed by atoms with E-state index in [0.717, 1.165) is 13.8 Å². The lowest BCUT2D eigenvalue weighted by atomic mass is 9.81. The van der Waals surface area contributed by atoms with Crippen LogP contribution in [0.1, 0.15) is 47.8 Å². The molecule has 8 nitrogen and oxygen atoms in total. The molecule has 1 saturated heterocycles. The molecule has 1 aliphatic heterocycles. The van der Waals surface area contributed by atoms with Gasteiger partial charge >= 0.3 is 0 Å². The molecule has 206 valence electrons. The summed E-state index contributed by atoms with van der Waals surface area (Å²) in [6.07, 6.45) is -1.91. The van der Waals surface area contributed by atoms with E-state index >= 15 is 0 Å². The average molecular weight is 532 g/mol. The number of carbonyl (C=O) groups excluding carboxylic acids is 3. The largest absolute Gasteiger partial charge is 0.508 e. The van der Waals surface area contributed by atoms with Crippen LogP contribution in [0.5, 0.6) is 5.75 Å². The second kappa shape index (κ2) is 10.7. The van der Waals surface area contributed by atoms with Crippen molar-refractivity contribution in [3.8, 4) is 5.75 Å². The molecule has 38 heavy (non-hydrogen) atoms.